The monoisotopic (exact) mass is 330 g/mol. The van der Waals surface area contributed by atoms with Gasteiger partial charge in [-0.25, -0.2) is 8.42 Å². The highest BCUT2D eigenvalue weighted by Crippen LogP contribution is 2.30. The second kappa shape index (κ2) is 7.22. The van der Waals surface area contributed by atoms with Crippen LogP contribution < -0.4 is 5.32 Å². The Kier molecular flexibility index (Phi) is 5.82. The maximum atomic E-state index is 12.7. The van der Waals surface area contributed by atoms with E-state index in [4.69, 9.17) is 0 Å². The highest BCUT2D eigenvalue weighted by Gasteiger charge is 2.31. The van der Waals surface area contributed by atoms with Gasteiger partial charge in [0.15, 0.2) is 0 Å². The minimum Gasteiger partial charge on any atom is -0.313 e. The average Bonchev–Trinajstić information content (AvgIpc) is 2.94. The molecule has 0 amide bonds. The van der Waals surface area contributed by atoms with E-state index in [9.17, 15) is 8.42 Å². The van der Waals surface area contributed by atoms with E-state index >= 15 is 0 Å². The first-order valence-corrected chi connectivity index (χ1v) is 10.1. The molecule has 120 valence electrons. The lowest BCUT2D eigenvalue weighted by atomic mass is 9.87. The van der Waals surface area contributed by atoms with E-state index in [0.29, 0.717) is 29.1 Å². The summed E-state index contributed by atoms with van der Waals surface area (Å²) < 4.78 is 27.5. The Labute approximate surface area is 132 Å². The standard InChI is InChI=1S/C15H26N2O2S2/c1-4-16-10-13-9-15(20-11-13)21(18,19)17-7-5-14(6-8-17)12(2)3/h9,11-12,14,16H,4-8,10H2,1-3H3. The van der Waals surface area contributed by atoms with Crippen LogP contribution in [-0.4, -0.2) is 32.4 Å². The fourth-order valence-corrected chi connectivity index (χ4v) is 5.59. The molecule has 1 aromatic rings. The van der Waals surface area contributed by atoms with Crippen LogP contribution in [0.3, 0.4) is 0 Å². The van der Waals surface area contributed by atoms with Gasteiger partial charge in [0.1, 0.15) is 4.21 Å². The van der Waals surface area contributed by atoms with Gasteiger partial charge in [-0.05, 0) is 48.2 Å². The lowest BCUT2D eigenvalue weighted by Gasteiger charge is -2.32. The number of nitrogens with one attached hydrogen (secondary N) is 1. The van der Waals surface area contributed by atoms with Crippen molar-refractivity contribution in [3.8, 4) is 0 Å². The van der Waals surface area contributed by atoms with Crippen molar-refractivity contribution < 1.29 is 8.42 Å². The smallest absolute Gasteiger partial charge is 0.252 e. The fourth-order valence-electron chi connectivity index (χ4n) is 2.76. The van der Waals surface area contributed by atoms with Crippen LogP contribution in [0.1, 0.15) is 39.2 Å². The third-order valence-corrected chi connectivity index (χ3v) is 7.61. The van der Waals surface area contributed by atoms with Crippen LogP contribution in [0.2, 0.25) is 0 Å². The van der Waals surface area contributed by atoms with Gasteiger partial charge in [0.25, 0.3) is 10.0 Å². The Bertz CT molecular complexity index is 544. The molecule has 1 saturated heterocycles. The van der Waals surface area contributed by atoms with E-state index in [2.05, 4.69) is 19.2 Å². The van der Waals surface area contributed by atoms with Crippen LogP contribution in [0.15, 0.2) is 15.7 Å². The highest BCUT2D eigenvalue weighted by atomic mass is 32.2. The Morgan fingerprint density at radius 3 is 2.62 bits per heavy atom. The van der Waals surface area contributed by atoms with Crippen molar-refractivity contribution in [2.75, 3.05) is 19.6 Å². The van der Waals surface area contributed by atoms with Gasteiger partial charge in [-0.15, -0.1) is 11.3 Å². The number of rotatable bonds is 6. The molecule has 2 rings (SSSR count). The number of thiophene rings is 1. The SMILES string of the molecule is CCNCc1csc(S(=O)(=O)N2CCC(C(C)C)CC2)c1. The van der Waals surface area contributed by atoms with E-state index < -0.39 is 10.0 Å². The molecule has 1 aliphatic rings. The third kappa shape index (κ3) is 4.06. The first-order chi connectivity index (χ1) is 9.95. The summed E-state index contributed by atoms with van der Waals surface area (Å²) in [5, 5.41) is 5.17. The van der Waals surface area contributed by atoms with Crippen LogP contribution in [0.4, 0.5) is 0 Å². The lowest BCUT2D eigenvalue weighted by Crippen LogP contribution is -2.39. The first kappa shape index (κ1) is 16.9. The van der Waals surface area contributed by atoms with Gasteiger partial charge in [0.2, 0.25) is 0 Å². The van der Waals surface area contributed by atoms with Crippen LogP contribution in [-0.2, 0) is 16.6 Å². The summed E-state index contributed by atoms with van der Waals surface area (Å²) in [5.74, 6) is 1.30. The number of nitrogens with zero attached hydrogens (tertiary/aromatic N) is 1. The molecule has 0 unspecified atom stereocenters. The molecule has 0 saturated carbocycles. The fraction of sp³-hybridized carbons (Fsp3) is 0.733. The first-order valence-electron chi connectivity index (χ1n) is 7.73. The van der Waals surface area contributed by atoms with Crippen molar-refractivity contribution >= 4 is 21.4 Å². The van der Waals surface area contributed by atoms with Gasteiger partial charge in [0, 0.05) is 19.6 Å². The molecular weight excluding hydrogens is 304 g/mol. The number of piperidine rings is 1. The van der Waals surface area contributed by atoms with Gasteiger partial charge in [0.05, 0.1) is 0 Å². The third-order valence-electron chi connectivity index (χ3n) is 4.24. The number of hydrogen-bond donors (Lipinski definition) is 1. The van der Waals surface area contributed by atoms with Crippen molar-refractivity contribution in [3.63, 3.8) is 0 Å². The van der Waals surface area contributed by atoms with Crippen LogP contribution >= 0.6 is 11.3 Å². The molecule has 0 aromatic carbocycles. The highest BCUT2D eigenvalue weighted by molar-refractivity contribution is 7.91. The summed E-state index contributed by atoms with van der Waals surface area (Å²) >= 11 is 1.34. The molecule has 1 aliphatic heterocycles. The second-order valence-corrected chi connectivity index (χ2v) is 9.12. The van der Waals surface area contributed by atoms with Crippen molar-refractivity contribution in [2.45, 2.75) is 44.4 Å². The van der Waals surface area contributed by atoms with E-state index in [-0.39, 0.29) is 0 Å². The average molecular weight is 331 g/mol. The van der Waals surface area contributed by atoms with Crippen molar-refractivity contribution in [1.82, 2.24) is 9.62 Å². The molecule has 0 spiro atoms. The zero-order chi connectivity index (χ0) is 15.5. The number of hydrogen-bond acceptors (Lipinski definition) is 4. The zero-order valence-corrected chi connectivity index (χ0v) is 14.8. The summed E-state index contributed by atoms with van der Waals surface area (Å²) in [4.78, 5) is 0. The predicted molar refractivity (Wildman–Crippen MR) is 88.0 cm³/mol. The van der Waals surface area contributed by atoms with E-state index in [1.165, 1.54) is 11.3 Å². The summed E-state index contributed by atoms with van der Waals surface area (Å²) in [6.45, 7) is 9.43. The Morgan fingerprint density at radius 2 is 2.05 bits per heavy atom. The molecule has 0 radical (unpaired) electrons. The minimum atomic E-state index is -3.29. The molecule has 4 nitrogen and oxygen atoms in total. The molecular formula is C15H26N2O2S2. The molecule has 2 heterocycles. The number of sulfonamides is 1. The Morgan fingerprint density at radius 1 is 1.38 bits per heavy atom. The quantitative estimate of drug-likeness (QED) is 0.872. The van der Waals surface area contributed by atoms with Crippen LogP contribution in [0.5, 0.6) is 0 Å². The van der Waals surface area contributed by atoms with Crippen molar-refractivity contribution in [3.05, 3.63) is 17.0 Å². The summed E-state index contributed by atoms with van der Waals surface area (Å²) in [5.41, 5.74) is 1.05. The van der Waals surface area contributed by atoms with Gasteiger partial charge in [-0.3, -0.25) is 0 Å². The Balaban J connectivity index is 2.03. The molecule has 1 N–H and O–H groups in total. The topological polar surface area (TPSA) is 49.4 Å². The summed E-state index contributed by atoms with van der Waals surface area (Å²) in [6, 6.07) is 1.82. The summed E-state index contributed by atoms with van der Waals surface area (Å²) in [7, 11) is -3.29. The second-order valence-electron chi connectivity index (χ2n) is 6.04. The van der Waals surface area contributed by atoms with Gasteiger partial charge >= 0.3 is 0 Å². The predicted octanol–water partition coefficient (Wildman–Crippen LogP) is 2.91. The van der Waals surface area contributed by atoms with Gasteiger partial charge in [-0.2, -0.15) is 4.31 Å². The molecule has 21 heavy (non-hydrogen) atoms. The van der Waals surface area contributed by atoms with Crippen molar-refractivity contribution in [2.24, 2.45) is 11.8 Å². The molecule has 0 aliphatic carbocycles. The molecule has 0 bridgehead atoms. The maximum absolute atomic E-state index is 12.7. The van der Waals surface area contributed by atoms with Crippen LogP contribution in [0.25, 0.3) is 0 Å². The van der Waals surface area contributed by atoms with Crippen LogP contribution in [0, 0.1) is 11.8 Å². The van der Waals surface area contributed by atoms with E-state index in [1.54, 1.807) is 4.31 Å². The molecule has 1 aromatic heterocycles. The zero-order valence-electron chi connectivity index (χ0n) is 13.1. The summed E-state index contributed by atoms with van der Waals surface area (Å²) in [6.07, 6.45) is 1.96. The largest absolute Gasteiger partial charge is 0.313 e. The van der Waals surface area contributed by atoms with Gasteiger partial charge in [-0.1, -0.05) is 20.8 Å². The molecule has 1 fully saturated rings. The normalized spacial score (nSPS) is 18.5. The maximum Gasteiger partial charge on any atom is 0.252 e. The Hall–Kier alpha value is -0.430. The minimum absolute atomic E-state index is 0.485. The van der Waals surface area contributed by atoms with Crippen molar-refractivity contribution in [1.29, 1.82) is 0 Å². The molecule has 0 atom stereocenters. The van der Waals surface area contributed by atoms with E-state index in [1.807, 2.05) is 18.4 Å². The van der Waals surface area contributed by atoms with E-state index in [0.717, 1.165) is 31.5 Å². The lowest BCUT2D eigenvalue weighted by molar-refractivity contribution is 0.227. The van der Waals surface area contributed by atoms with Gasteiger partial charge < -0.3 is 5.32 Å². The molecule has 6 heteroatoms.